The van der Waals surface area contributed by atoms with Crippen molar-refractivity contribution < 1.29 is 28.9 Å². The highest BCUT2D eigenvalue weighted by molar-refractivity contribution is 6.46. The van der Waals surface area contributed by atoms with Crippen LogP contribution in [0.2, 0.25) is 0 Å². The smallest absolute Gasteiger partial charge is 0.295 e. The summed E-state index contributed by atoms with van der Waals surface area (Å²) in [5, 5.41) is 11.5. The number of nitrogens with zero attached hydrogens (tertiary/aromatic N) is 1. The van der Waals surface area contributed by atoms with Crippen LogP contribution in [0.15, 0.2) is 78.4 Å². The van der Waals surface area contributed by atoms with Gasteiger partial charge in [0.1, 0.15) is 24.7 Å². The second-order valence-electron chi connectivity index (χ2n) is 10.2. The molecule has 3 aromatic rings. The number of ketones is 1. The van der Waals surface area contributed by atoms with Gasteiger partial charge < -0.3 is 24.2 Å². The zero-order valence-electron chi connectivity index (χ0n) is 22.3. The Labute approximate surface area is 228 Å². The highest BCUT2D eigenvalue weighted by atomic mass is 16.6. The van der Waals surface area contributed by atoms with Gasteiger partial charge in [0, 0.05) is 12.1 Å². The molecule has 7 nitrogen and oxygen atoms in total. The normalized spacial score (nSPS) is 18.0. The second kappa shape index (κ2) is 11.6. The summed E-state index contributed by atoms with van der Waals surface area (Å²) in [6.45, 7) is 5.99. The number of benzene rings is 3. The van der Waals surface area contributed by atoms with E-state index in [1.165, 1.54) is 0 Å². The number of likely N-dealkylation sites (tertiary alicyclic amines) is 1. The number of carbonyl (C=O) groups is 2. The lowest BCUT2D eigenvalue weighted by atomic mass is 9.95. The largest absolute Gasteiger partial charge is 0.507 e. The number of aliphatic hydroxyl groups is 1. The van der Waals surface area contributed by atoms with Gasteiger partial charge in [-0.05, 0) is 60.2 Å². The van der Waals surface area contributed by atoms with Gasteiger partial charge in [-0.3, -0.25) is 9.59 Å². The molecule has 3 aromatic carbocycles. The molecule has 1 atom stereocenters. The van der Waals surface area contributed by atoms with Gasteiger partial charge in [-0.1, -0.05) is 56.3 Å². The maximum Gasteiger partial charge on any atom is 0.295 e. The number of rotatable bonds is 9. The molecule has 2 aliphatic heterocycles. The lowest BCUT2D eigenvalue weighted by Crippen LogP contribution is -2.31. The van der Waals surface area contributed by atoms with Crippen LogP contribution in [0.25, 0.3) is 5.76 Å². The minimum atomic E-state index is -0.768. The molecule has 7 heteroatoms. The molecular formula is C32H33NO6. The third-order valence-electron chi connectivity index (χ3n) is 6.98. The van der Waals surface area contributed by atoms with Gasteiger partial charge in [0.05, 0.1) is 18.2 Å². The number of fused-ring (bicyclic) bond motifs is 1. The highest BCUT2D eigenvalue weighted by Crippen LogP contribution is 2.41. The minimum Gasteiger partial charge on any atom is -0.507 e. The molecular weight excluding hydrogens is 494 g/mol. The second-order valence-corrected chi connectivity index (χ2v) is 10.2. The van der Waals surface area contributed by atoms with Crippen LogP contribution in [0.4, 0.5) is 0 Å². The molecule has 1 N–H and O–H groups in total. The van der Waals surface area contributed by atoms with Crippen LogP contribution in [-0.2, 0) is 16.0 Å². The first-order valence-electron chi connectivity index (χ1n) is 13.4. The quantitative estimate of drug-likeness (QED) is 0.223. The Morgan fingerprint density at radius 2 is 1.74 bits per heavy atom. The average Bonchev–Trinajstić information content (AvgIpc) is 3.21. The Morgan fingerprint density at radius 3 is 2.51 bits per heavy atom. The lowest BCUT2D eigenvalue weighted by molar-refractivity contribution is -0.139. The van der Waals surface area contributed by atoms with E-state index in [1.54, 1.807) is 23.1 Å². The van der Waals surface area contributed by atoms with E-state index < -0.39 is 17.7 Å². The number of hydrogen-bond acceptors (Lipinski definition) is 6. The van der Waals surface area contributed by atoms with E-state index in [-0.39, 0.29) is 11.3 Å². The Morgan fingerprint density at radius 1 is 0.974 bits per heavy atom. The van der Waals surface area contributed by atoms with Crippen molar-refractivity contribution in [3.63, 3.8) is 0 Å². The number of amides is 1. The predicted molar refractivity (Wildman–Crippen MR) is 148 cm³/mol. The van der Waals surface area contributed by atoms with Crippen molar-refractivity contribution in [3.05, 3.63) is 95.1 Å². The molecule has 0 unspecified atom stereocenters. The first kappa shape index (κ1) is 26.4. The van der Waals surface area contributed by atoms with Crippen molar-refractivity contribution >= 4 is 17.4 Å². The summed E-state index contributed by atoms with van der Waals surface area (Å²) in [7, 11) is 0. The molecule has 2 aliphatic rings. The van der Waals surface area contributed by atoms with E-state index in [0.717, 1.165) is 12.0 Å². The van der Waals surface area contributed by atoms with Crippen LogP contribution in [-0.4, -0.2) is 48.1 Å². The van der Waals surface area contributed by atoms with Crippen LogP contribution < -0.4 is 14.2 Å². The van der Waals surface area contributed by atoms with Crippen molar-refractivity contribution in [1.82, 2.24) is 4.90 Å². The fourth-order valence-corrected chi connectivity index (χ4v) is 4.88. The van der Waals surface area contributed by atoms with Gasteiger partial charge in [-0.15, -0.1) is 0 Å². The fraction of sp³-hybridized carbons (Fsp3) is 0.312. The third-order valence-corrected chi connectivity index (χ3v) is 6.98. The molecule has 2 heterocycles. The molecule has 39 heavy (non-hydrogen) atoms. The monoisotopic (exact) mass is 527 g/mol. The van der Waals surface area contributed by atoms with E-state index in [4.69, 9.17) is 14.2 Å². The Bertz CT molecular complexity index is 1380. The molecule has 0 spiro atoms. The molecule has 1 fully saturated rings. The van der Waals surface area contributed by atoms with E-state index >= 15 is 0 Å². The standard InChI is InChI=1S/C32H33NO6/c1-21(2)14-16-37-25-10-6-9-23(19-25)29-28(30(34)24-11-12-26-27(20-24)39-18-17-38-26)31(35)32(36)33(29)15-13-22-7-4-3-5-8-22/h3-12,19-21,29,34H,13-18H2,1-2H3/t29-/m0/s1. The van der Waals surface area contributed by atoms with Crippen molar-refractivity contribution in [2.45, 2.75) is 32.7 Å². The Kier molecular flexibility index (Phi) is 7.87. The molecule has 0 aliphatic carbocycles. The Balaban J connectivity index is 1.54. The maximum absolute atomic E-state index is 13.4. The van der Waals surface area contributed by atoms with Gasteiger partial charge in [0.2, 0.25) is 0 Å². The van der Waals surface area contributed by atoms with Crippen LogP contribution in [0, 0.1) is 5.92 Å². The molecule has 202 valence electrons. The van der Waals surface area contributed by atoms with Crippen LogP contribution in [0.3, 0.4) is 0 Å². The first-order valence-corrected chi connectivity index (χ1v) is 13.4. The molecule has 0 bridgehead atoms. The summed E-state index contributed by atoms with van der Waals surface area (Å²) in [5.74, 6) is 0.617. The predicted octanol–water partition coefficient (Wildman–Crippen LogP) is 5.55. The number of Topliss-reactive ketones (excluding diaryl/α,β-unsaturated/α-hetero) is 1. The molecule has 0 aromatic heterocycles. The molecule has 0 radical (unpaired) electrons. The molecule has 0 saturated carbocycles. The maximum atomic E-state index is 13.4. The highest BCUT2D eigenvalue weighted by Gasteiger charge is 2.46. The number of hydrogen-bond donors (Lipinski definition) is 1. The van der Waals surface area contributed by atoms with Gasteiger partial charge in [0.15, 0.2) is 11.5 Å². The van der Waals surface area contributed by atoms with E-state index in [1.807, 2.05) is 54.6 Å². The van der Waals surface area contributed by atoms with Crippen molar-refractivity contribution in [3.8, 4) is 17.2 Å². The average molecular weight is 528 g/mol. The summed E-state index contributed by atoms with van der Waals surface area (Å²) < 4.78 is 17.3. The van der Waals surface area contributed by atoms with Gasteiger partial charge >= 0.3 is 0 Å². The summed E-state index contributed by atoms with van der Waals surface area (Å²) in [5.41, 5.74) is 2.18. The topological polar surface area (TPSA) is 85.3 Å². The number of aliphatic hydroxyl groups excluding tert-OH is 1. The molecule has 1 saturated heterocycles. The zero-order chi connectivity index (χ0) is 27.4. The van der Waals surface area contributed by atoms with Gasteiger partial charge in [-0.2, -0.15) is 0 Å². The van der Waals surface area contributed by atoms with Gasteiger partial charge in [-0.25, -0.2) is 0 Å². The number of carbonyl (C=O) groups excluding carboxylic acids is 2. The van der Waals surface area contributed by atoms with E-state index in [9.17, 15) is 14.7 Å². The molecule has 5 rings (SSSR count). The first-order chi connectivity index (χ1) is 18.9. The minimum absolute atomic E-state index is 0.0454. The third kappa shape index (κ3) is 5.77. The summed E-state index contributed by atoms with van der Waals surface area (Å²) >= 11 is 0. The summed E-state index contributed by atoms with van der Waals surface area (Å²) in [6.07, 6.45) is 1.48. The van der Waals surface area contributed by atoms with E-state index in [2.05, 4.69) is 13.8 Å². The SMILES string of the molecule is CC(C)CCOc1cccc([C@H]2C(=C(O)c3ccc4c(c3)OCCO4)C(=O)C(=O)N2CCc2ccccc2)c1. The fourth-order valence-electron chi connectivity index (χ4n) is 4.88. The summed E-state index contributed by atoms with van der Waals surface area (Å²) in [6, 6.07) is 21.5. The number of ether oxygens (including phenoxy) is 3. The van der Waals surface area contributed by atoms with Gasteiger partial charge in [0.25, 0.3) is 11.7 Å². The zero-order valence-corrected chi connectivity index (χ0v) is 22.3. The van der Waals surface area contributed by atoms with Crippen molar-refractivity contribution in [2.75, 3.05) is 26.4 Å². The van der Waals surface area contributed by atoms with Crippen LogP contribution >= 0.6 is 0 Å². The van der Waals surface area contributed by atoms with E-state index in [0.29, 0.717) is 67.1 Å². The Hall–Kier alpha value is -4.26. The van der Waals surface area contributed by atoms with Crippen LogP contribution in [0.1, 0.15) is 43.0 Å². The van der Waals surface area contributed by atoms with Crippen molar-refractivity contribution in [1.29, 1.82) is 0 Å². The summed E-state index contributed by atoms with van der Waals surface area (Å²) in [4.78, 5) is 28.4. The lowest BCUT2D eigenvalue weighted by Gasteiger charge is -2.26. The van der Waals surface area contributed by atoms with Crippen LogP contribution in [0.5, 0.6) is 17.2 Å². The van der Waals surface area contributed by atoms with Crippen molar-refractivity contribution in [2.24, 2.45) is 5.92 Å². The molecule has 1 amide bonds.